The molecular weight excluding hydrogens is 264 g/mol. The summed E-state index contributed by atoms with van der Waals surface area (Å²) in [6, 6.07) is 2.79. The predicted molar refractivity (Wildman–Crippen MR) is 85.7 cm³/mol. The maximum atomic E-state index is 5.77. The van der Waals surface area contributed by atoms with Crippen LogP contribution in [0.4, 0.5) is 0 Å². The number of likely N-dealkylation sites (N-methyl/N-ethyl adjacent to an activating group) is 3. The second-order valence-corrected chi connectivity index (χ2v) is 6.20. The van der Waals surface area contributed by atoms with Crippen molar-refractivity contribution in [2.24, 2.45) is 0 Å². The standard InChI is InChI=1S/C16H28N4O/c1-12(2)21-14-8-13(9-18-10-14)16(17-3)15-11-19(4)6-7-20(15)5/h8-10,12,15-17H,6-7,11H2,1-5H3. The minimum absolute atomic E-state index is 0.165. The molecule has 2 atom stereocenters. The largest absolute Gasteiger partial charge is 0.489 e. The zero-order valence-corrected chi connectivity index (χ0v) is 13.8. The van der Waals surface area contributed by atoms with Crippen LogP contribution in [-0.2, 0) is 0 Å². The van der Waals surface area contributed by atoms with E-state index in [0.29, 0.717) is 6.04 Å². The number of nitrogens with zero attached hydrogens (tertiary/aromatic N) is 3. The van der Waals surface area contributed by atoms with Crippen LogP contribution in [-0.4, -0.2) is 67.7 Å². The molecule has 0 aliphatic carbocycles. The van der Waals surface area contributed by atoms with Crippen LogP contribution >= 0.6 is 0 Å². The van der Waals surface area contributed by atoms with Gasteiger partial charge < -0.3 is 15.0 Å². The summed E-state index contributed by atoms with van der Waals surface area (Å²) in [5.74, 6) is 0.842. The van der Waals surface area contributed by atoms with Gasteiger partial charge in [-0.15, -0.1) is 0 Å². The SMILES string of the molecule is CNC(c1cncc(OC(C)C)c1)C1CN(C)CCN1C. The summed E-state index contributed by atoms with van der Waals surface area (Å²) in [5.41, 5.74) is 1.18. The second kappa shape index (κ2) is 7.20. The van der Waals surface area contributed by atoms with Crippen molar-refractivity contribution in [2.75, 3.05) is 40.8 Å². The van der Waals surface area contributed by atoms with Crippen molar-refractivity contribution < 1.29 is 4.74 Å². The van der Waals surface area contributed by atoms with Gasteiger partial charge in [-0.3, -0.25) is 9.88 Å². The fourth-order valence-corrected chi connectivity index (χ4v) is 2.93. The molecule has 0 bridgehead atoms. The molecule has 2 rings (SSSR count). The molecular formula is C16H28N4O. The summed E-state index contributed by atoms with van der Waals surface area (Å²) in [6.45, 7) is 7.34. The quantitative estimate of drug-likeness (QED) is 0.888. The molecule has 118 valence electrons. The lowest BCUT2D eigenvalue weighted by Gasteiger charge is -2.42. The number of hydrogen-bond acceptors (Lipinski definition) is 5. The Morgan fingerprint density at radius 2 is 2.05 bits per heavy atom. The average molecular weight is 292 g/mol. The van der Waals surface area contributed by atoms with Crippen LogP contribution in [0.15, 0.2) is 18.5 Å². The van der Waals surface area contributed by atoms with Crippen LogP contribution in [0.3, 0.4) is 0 Å². The van der Waals surface area contributed by atoms with Gasteiger partial charge in [0, 0.05) is 31.9 Å². The molecule has 2 unspecified atom stereocenters. The van der Waals surface area contributed by atoms with Crippen LogP contribution in [0.1, 0.15) is 25.5 Å². The van der Waals surface area contributed by atoms with E-state index in [1.807, 2.05) is 27.1 Å². The van der Waals surface area contributed by atoms with E-state index in [-0.39, 0.29) is 12.1 Å². The molecule has 2 heterocycles. The summed E-state index contributed by atoms with van der Waals surface area (Å²) in [6.07, 6.45) is 3.89. The highest BCUT2D eigenvalue weighted by Gasteiger charge is 2.30. The highest BCUT2D eigenvalue weighted by molar-refractivity contribution is 5.27. The number of piperazine rings is 1. The van der Waals surface area contributed by atoms with Gasteiger partial charge in [0.15, 0.2) is 0 Å². The van der Waals surface area contributed by atoms with E-state index in [9.17, 15) is 0 Å². The second-order valence-electron chi connectivity index (χ2n) is 6.20. The molecule has 1 fully saturated rings. The highest BCUT2D eigenvalue weighted by atomic mass is 16.5. The van der Waals surface area contributed by atoms with Crippen LogP contribution in [0, 0.1) is 0 Å². The number of pyridine rings is 1. The Kier molecular flexibility index (Phi) is 5.56. The molecule has 5 heteroatoms. The van der Waals surface area contributed by atoms with E-state index < -0.39 is 0 Å². The lowest BCUT2D eigenvalue weighted by molar-refractivity contribution is 0.0895. The zero-order chi connectivity index (χ0) is 15.4. The zero-order valence-electron chi connectivity index (χ0n) is 13.8. The average Bonchev–Trinajstić information content (AvgIpc) is 2.43. The Morgan fingerprint density at radius 3 is 2.71 bits per heavy atom. The van der Waals surface area contributed by atoms with Gasteiger partial charge in [0.05, 0.1) is 18.3 Å². The number of aromatic nitrogens is 1. The van der Waals surface area contributed by atoms with Gasteiger partial charge in [0.2, 0.25) is 0 Å². The summed E-state index contributed by atoms with van der Waals surface area (Å²) < 4.78 is 5.77. The van der Waals surface area contributed by atoms with Crippen molar-refractivity contribution in [1.29, 1.82) is 0 Å². The molecule has 1 aromatic rings. The molecule has 0 aromatic carbocycles. The van der Waals surface area contributed by atoms with Gasteiger partial charge in [0.25, 0.3) is 0 Å². The Hall–Kier alpha value is -1.17. The third-order valence-electron chi connectivity index (χ3n) is 4.06. The van der Waals surface area contributed by atoms with Gasteiger partial charge in [-0.05, 0) is 46.6 Å². The van der Waals surface area contributed by atoms with Crippen molar-refractivity contribution >= 4 is 0 Å². The molecule has 1 saturated heterocycles. The van der Waals surface area contributed by atoms with E-state index in [2.05, 4.69) is 40.3 Å². The monoisotopic (exact) mass is 292 g/mol. The molecule has 1 aromatic heterocycles. The van der Waals surface area contributed by atoms with E-state index >= 15 is 0 Å². The molecule has 0 amide bonds. The van der Waals surface area contributed by atoms with Gasteiger partial charge in [-0.1, -0.05) is 0 Å². The first-order valence-corrected chi connectivity index (χ1v) is 7.69. The lowest BCUT2D eigenvalue weighted by atomic mass is 9.97. The Labute approximate surface area is 128 Å². The number of hydrogen-bond donors (Lipinski definition) is 1. The third kappa shape index (κ3) is 4.15. The van der Waals surface area contributed by atoms with Crippen LogP contribution in [0.25, 0.3) is 0 Å². The summed E-state index contributed by atoms with van der Waals surface area (Å²) in [7, 11) is 6.40. The smallest absolute Gasteiger partial charge is 0.138 e. The van der Waals surface area contributed by atoms with Gasteiger partial charge >= 0.3 is 0 Å². The summed E-state index contributed by atoms with van der Waals surface area (Å²) >= 11 is 0. The van der Waals surface area contributed by atoms with Crippen LogP contribution < -0.4 is 10.1 Å². The highest BCUT2D eigenvalue weighted by Crippen LogP contribution is 2.25. The van der Waals surface area contributed by atoms with E-state index in [0.717, 1.165) is 25.4 Å². The maximum Gasteiger partial charge on any atom is 0.138 e. The molecule has 1 N–H and O–H groups in total. The first-order chi connectivity index (χ1) is 10.0. The fraction of sp³-hybridized carbons (Fsp3) is 0.688. The number of nitrogens with one attached hydrogen (secondary N) is 1. The van der Waals surface area contributed by atoms with Crippen molar-refractivity contribution in [3.05, 3.63) is 24.0 Å². The van der Waals surface area contributed by atoms with Gasteiger partial charge in [0.1, 0.15) is 5.75 Å². The Bertz CT molecular complexity index is 452. The minimum Gasteiger partial charge on any atom is -0.489 e. The first-order valence-electron chi connectivity index (χ1n) is 7.69. The van der Waals surface area contributed by atoms with Gasteiger partial charge in [-0.25, -0.2) is 0 Å². The molecule has 0 saturated carbocycles. The van der Waals surface area contributed by atoms with E-state index in [4.69, 9.17) is 4.74 Å². The predicted octanol–water partition coefficient (Wildman–Crippen LogP) is 1.38. The molecule has 1 aliphatic heterocycles. The first kappa shape index (κ1) is 16.2. The van der Waals surface area contributed by atoms with Crippen LogP contribution in [0.5, 0.6) is 5.75 Å². The molecule has 5 nitrogen and oxygen atoms in total. The molecule has 1 aliphatic rings. The van der Waals surface area contributed by atoms with Crippen molar-refractivity contribution in [3.8, 4) is 5.75 Å². The Morgan fingerprint density at radius 1 is 1.29 bits per heavy atom. The lowest BCUT2D eigenvalue weighted by Crippen LogP contribution is -2.54. The summed E-state index contributed by atoms with van der Waals surface area (Å²) in [5, 5.41) is 3.46. The summed E-state index contributed by atoms with van der Waals surface area (Å²) in [4.78, 5) is 9.16. The Balaban J connectivity index is 2.20. The molecule has 21 heavy (non-hydrogen) atoms. The van der Waals surface area contributed by atoms with Crippen molar-refractivity contribution in [1.82, 2.24) is 20.1 Å². The van der Waals surface area contributed by atoms with Gasteiger partial charge in [-0.2, -0.15) is 0 Å². The number of rotatable bonds is 5. The number of ether oxygens (including phenoxy) is 1. The van der Waals surface area contributed by atoms with E-state index in [1.54, 1.807) is 6.20 Å². The third-order valence-corrected chi connectivity index (χ3v) is 4.06. The van der Waals surface area contributed by atoms with E-state index in [1.165, 1.54) is 5.56 Å². The normalized spacial score (nSPS) is 22.5. The fourth-order valence-electron chi connectivity index (χ4n) is 2.93. The van der Waals surface area contributed by atoms with Crippen molar-refractivity contribution in [3.63, 3.8) is 0 Å². The minimum atomic E-state index is 0.165. The topological polar surface area (TPSA) is 40.6 Å². The van der Waals surface area contributed by atoms with Crippen LogP contribution in [0.2, 0.25) is 0 Å². The molecule has 0 spiro atoms. The molecule has 0 radical (unpaired) electrons. The maximum absolute atomic E-state index is 5.77. The van der Waals surface area contributed by atoms with Crippen molar-refractivity contribution in [2.45, 2.75) is 32.0 Å².